The minimum atomic E-state index is -0.369. The first-order valence-electron chi connectivity index (χ1n) is 9.99. The van der Waals surface area contributed by atoms with Crippen LogP contribution in [-0.4, -0.2) is 55.4 Å². The summed E-state index contributed by atoms with van der Waals surface area (Å²) in [6.07, 6.45) is 5.10. The Bertz CT molecular complexity index is 655. The van der Waals surface area contributed by atoms with Crippen LogP contribution in [0.4, 0.5) is 0 Å². The van der Waals surface area contributed by atoms with E-state index in [1.54, 1.807) is 0 Å². The molecule has 0 unspecified atom stereocenters. The third-order valence-electron chi connectivity index (χ3n) is 6.41. The molecule has 5 rings (SSSR count). The van der Waals surface area contributed by atoms with Gasteiger partial charge in [0.2, 0.25) is 0 Å². The highest BCUT2D eigenvalue weighted by atomic mass is 16.5. The number of likely N-dealkylation sites (tertiary alicyclic amines) is 1. The fourth-order valence-electron chi connectivity index (χ4n) is 4.58. The summed E-state index contributed by atoms with van der Waals surface area (Å²) in [6, 6.07) is 7.93. The van der Waals surface area contributed by atoms with E-state index < -0.39 is 0 Å². The number of carbonyl (C=O) groups excluding carboxylic acids is 1. The number of hydrogen-bond donors (Lipinski definition) is 0. The van der Waals surface area contributed by atoms with Crippen molar-refractivity contribution in [2.75, 3.05) is 32.9 Å². The zero-order valence-corrected chi connectivity index (χ0v) is 15.2. The Balaban J connectivity index is 1.13. The average Bonchev–Trinajstić information content (AvgIpc) is 3.18. The van der Waals surface area contributed by atoms with Crippen LogP contribution in [0.15, 0.2) is 24.3 Å². The number of carbonyl (C=O) groups is 1. The van der Waals surface area contributed by atoms with Crippen molar-refractivity contribution in [1.82, 2.24) is 4.90 Å². The molecule has 1 aromatic carbocycles. The number of fused-ring (bicyclic) bond motifs is 1. The average molecular weight is 357 g/mol. The molecule has 2 atom stereocenters. The van der Waals surface area contributed by atoms with Crippen molar-refractivity contribution in [1.29, 1.82) is 0 Å². The maximum atomic E-state index is 12.8. The lowest BCUT2D eigenvalue weighted by Gasteiger charge is -2.50. The van der Waals surface area contributed by atoms with Crippen LogP contribution >= 0.6 is 0 Å². The molecule has 1 spiro atoms. The second-order valence-corrected chi connectivity index (χ2v) is 8.32. The number of rotatable bonds is 6. The van der Waals surface area contributed by atoms with Crippen molar-refractivity contribution in [3.05, 3.63) is 29.8 Å². The van der Waals surface area contributed by atoms with Crippen LogP contribution in [-0.2, 0) is 20.7 Å². The first kappa shape index (κ1) is 16.6. The van der Waals surface area contributed by atoms with Crippen molar-refractivity contribution in [2.24, 2.45) is 11.8 Å². The number of para-hydroxylation sites is 1. The third-order valence-corrected chi connectivity index (χ3v) is 6.41. The topological polar surface area (TPSA) is 48.0 Å². The van der Waals surface area contributed by atoms with E-state index >= 15 is 0 Å². The van der Waals surface area contributed by atoms with Crippen molar-refractivity contribution in [3.8, 4) is 5.75 Å². The van der Waals surface area contributed by atoms with Crippen LogP contribution in [0.5, 0.6) is 5.75 Å². The summed E-state index contributed by atoms with van der Waals surface area (Å²) in [5, 5.41) is 0. The van der Waals surface area contributed by atoms with Crippen LogP contribution < -0.4 is 4.74 Å². The van der Waals surface area contributed by atoms with Gasteiger partial charge in [-0.15, -0.1) is 0 Å². The quantitative estimate of drug-likeness (QED) is 0.734. The molecule has 1 saturated carbocycles. The number of amides is 1. The molecule has 1 aliphatic carbocycles. The zero-order valence-electron chi connectivity index (χ0n) is 15.2. The molecule has 4 aliphatic rings. The standard InChI is InChI=1S/C21H27NO4/c23-20(19-11-16-3-1-2-4-18(16)26-19)22-13-21(14-22)17(8-10-25-21)7-9-24-12-15-5-6-15/h1-4,15,17,19H,5-14H2/t17-,19+/m0/s1. The molecule has 0 bridgehead atoms. The van der Waals surface area contributed by atoms with Gasteiger partial charge in [-0.1, -0.05) is 18.2 Å². The van der Waals surface area contributed by atoms with Crippen LogP contribution in [0, 0.1) is 11.8 Å². The number of nitrogens with zero attached hydrogens (tertiary/aromatic N) is 1. The van der Waals surface area contributed by atoms with E-state index in [-0.39, 0.29) is 17.6 Å². The van der Waals surface area contributed by atoms with Gasteiger partial charge in [-0.25, -0.2) is 0 Å². The zero-order chi connectivity index (χ0) is 17.6. The summed E-state index contributed by atoms with van der Waals surface area (Å²) in [4.78, 5) is 14.7. The van der Waals surface area contributed by atoms with Crippen LogP contribution in [0.1, 0.15) is 31.2 Å². The summed E-state index contributed by atoms with van der Waals surface area (Å²) in [6.45, 7) is 3.96. The van der Waals surface area contributed by atoms with Gasteiger partial charge in [0.15, 0.2) is 6.10 Å². The van der Waals surface area contributed by atoms with Crippen molar-refractivity contribution in [2.45, 2.75) is 43.8 Å². The molecule has 0 aromatic heterocycles. The lowest BCUT2D eigenvalue weighted by Crippen LogP contribution is -2.67. The van der Waals surface area contributed by atoms with Crippen LogP contribution in [0.25, 0.3) is 0 Å². The second kappa shape index (κ2) is 6.54. The molecular weight excluding hydrogens is 330 g/mol. The molecule has 140 valence electrons. The summed E-state index contributed by atoms with van der Waals surface area (Å²) < 4.78 is 17.8. The Morgan fingerprint density at radius 3 is 2.88 bits per heavy atom. The molecule has 0 N–H and O–H groups in total. The minimum absolute atomic E-state index is 0.103. The summed E-state index contributed by atoms with van der Waals surface area (Å²) in [7, 11) is 0. The maximum absolute atomic E-state index is 12.8. The molecule has 3 heterocycles. The molecule has 1 amide bonds. The van der Waals surface area contributed by atoms with E-state index in [0.717, 1.165) is 49.9 Å². The Morgan fingerprint density at radius 2 is 2.08 bits per heavy atom. The van der Waals surface area contributed by atoms with E-state index in [1.165, 1.54) is 12.8 Å². The molecule has 26 heavy (non-hydrogen) atoms. The maximum Gasteiger partial charge on any atom is 0.264 e. The van der Waals surface area contributed by atoms with Gasteiger partial charge >= 0.3 is 0 Å². The minimum Gasteiger partial charge on any atom is -0.480 e. The van der Waals surface area contributed by atoms with Gasteiger partial charge in [-0.3, -0.25) is 4.79 Å². The largest absolute Gasteiger partial charge is 0.480 e. The van der Waals surface area contributed by atoms with Gasteiger partial charge in [0.25, 0.3) is 5.91 Å². The summed E-state index contributed by atoms with van der Waals surface area (Å²) in [5.74, 6) is 2.28. The van der Waals surface area contributed by atoms with Crippen molar-refractivity contribution < 1.29 is 19.0 Å². The molecular formula is C21H27NO4. The van der Waals surface area contributed by atoms with Gasteiger partial charge in [-0.2, -0.15) is 0 Å². The highest BCUT2D eigenvalue weighted by molar-refractivity contribution is 5.83. The van der Waals surface area contributed by atoms with Gasteiger partial charge in [0, 0.05) is 26.2 Å². The predicted molar refractivity (Wildman–Crippen MR) is 96.1 cm³/mol. The molecule has 5 heteroatoms. The molecule has 2 saturated heterocycles. The van der Waals surface area contributed by atoms with Gasteiger partial charge in [-0.05, 0) is 49.1 Å². The second-order valence-electron chi connectivity index (χ2n) is 8.32. The number of hydrogen-bond acceptors (Lipinski definition) is 4. The lowest BCUT2D eigenvalue weighted by atomic mass is 9.79. The first-order chi connectivity index (χ1) is 12.7. The van der Waals surface area contributed by atoms with E-state index in [1.807, 2.05) is 29.2 Å². The smallest absolute Gasteiger partial charge is 0.264 e. The van der Waals surface area contributed by atoms with E-state index in [2.05, 4.69) is 0 Å². The SMILES string of the molecule is O=C([C@H]1Cc2ccccc2O1)N1CC2(C1)OCC[C@@H]2CCOCC1CC1. The van der Waals surface area contributed by atoms with Gasteiger partial charge < -0.3 is 19.1 Å². The van der Waals surface area contributed by atoms with Crippen molar-refractivity contribution >= 4 is 5.91 Å². The fraction of sp³-hybridized carbons (Fsp3) is 0.667. The Morgan fingerprint density at radius 1 is 1.23 bits per heavy atom. The predicted octanol–water partition coefficient (Wildman–Crippen LogP) is 2.42. The van der Waals surface area contributed by atoms with Crippen molar-refractivity contribution in [3.63, 3.8) is 0 Å². The molecule has 0 radical (unpaired) electrons. The van der Waals surface area contributed by atoms with Crippen LogP contribution in [0.2, 0.25) is 0 Å². The van der Waals surface area contributed by atoms with E-state index in [0.29, 0.717) is 25.4 Å². The number of ether oxygens (including phenoxy) is 3. The Kier molecular flexibility index (Phi) is 4.17. The molecule has 3 aliphatic heterocycles. The van der Waals surface area contributed by atoms with E-state index in [4.69, 9.17) is 14.2 Å². The molecule has 5 nitrogen and oxygen atoms in total. The summed E-state index contributed by atoms with van der Waals surface area (Å²) >= 11 is 0. The van der Waals surface area contributed by atoms with Gasteiger partial charge in [0.05, 0.1) is 13.1 Å². The van der Waals surface area contributed by atoms with Gasteiger partial charge in [0.1, 0.15) is 11.4 Å². The highest BCUT2D eigenvalue weighted by Gasteiger charge is 2.55. The highest BCUT2D eigenvalue weighted by Crippen LogP contribution is 2.42. The van der Waals surface area contributed by atoms with E-state index in [9.17, 15) is 4.79 Å². The molecule has 1 aromatic rings. The number of benzene rings is 1. The monoisotopic (exact) mass is 357 g/mol. The Hall–Kier alpha value is -1.59. The lowest BCUT2D eigenvalue weighted by molar-refractivity contribution is -0.171. The third kappa shape index (κ3) is 3.01. The first-order valence-corrected chi connectivity index (χ1v) is 9.99. The Labute approximate surface area is 154 Å². The fourth-order valence-corrected chi connectivity index (χ4v) is 4.58. The summed E-state index contributed by atoms with van der Waals surface area (Å²) in [5.41, 5.74) is 0.994. The normalized spacial score (nSPS) is 28.7. The molecule has 3 fully saturated rings. The van der Waals surface area contributed by atoms with Crippen LogP contribution in [0.3, 0.4) is 0 Å².